The maximum Gasteiger partial charge on any atom is 0.161 e. The number of para-hydroxylation sites is 1. The normalized spacial score (nSPS) is 14.9. The number of carbonyl (C=O) groups is 1. The predicted molar refractivity (Wildman–Crippen MR) is 104 cm³/mol. The summed E-state index contributed by atoms with van der Waals surface area (Å²) in [5.41, 5.74) is 1.89. The molecule has 3 rings (SSSR count). The topological polar surface area (TPSA) is 42.0 Å². The van der Waals surface area contributed by atoms with Crippen LogP contribution in [0.5, 0.6) is 11.5 Å². The van der Waals surface area contributed by atoms with Gasteiger partial charge in [0.1, 0.15) is 12.9 Å². The van der Waals surface area contributed by atoms with Gasteiger partial charge in [-0.3, -0.25) is 9.69 Å². The van der Waals surface area contributed by atoms with Gasteiger partial charge >= 0.3 is 0 Å². The molecule has 5 heteroatoms. The van der Waals surface area contributed by atoms with Crippen LogP contribution in [0.25, 0.3) is 0 Å². The lowest BCUT2D eigenvalue weighted by Crippen LogP contribution is -2.47. The molecule has 0 radical (unpaired) electrons. The second-order valence-corrected chi connectivity index (χ2v) is 6.27. The number of aldehydes is 1. The highest BCUT2D eigenvalue weighted by molar-refractivity contribution is 5.76. The smallest absolute Gasteiger partial charge is 0.161 e. The highest BCUT2D eigenvalue weighted by Crippen LogP contribution is 2.28. The molecule has 0 saturated carbocycles. The third-order valence-electron chi connectivity index (χ3n) is 4.56. The van der Waals surface area contributed by atoms with Crippen LogP contribution in [-0.2, 0) is 0 Å². The molecule has 0 aromatic heterocycles. The van der Waals surface area contributed by atoms with Crippen molar-refractivity contribution in [2.24, 2.45) is 0 Å². The Balaban J connectivity index is 1.46. The van der Waals surface area contributed by atoms with E-state index in [1.54, 1.807) is 12.1 Å². The quantitative estimate of drug-likeness (QED) is 0.682. The molecule has 1 aliphatic heterocycles. The maximum absolute atomic E-state index is 10.9. The molecule has 1 saturated heterocycles. The fraction of sp³-hybridized carbons (Fsp3) is 0.381. The van der Waals surface area contributed by atoms with Crippen LogP contribution < -0.4 is 14.4 Å². The van der Waals surface area contributed by atoms with Gasteiger partial charge in [-0.2, -0.15) is 0 Å². The Morgan fingerprint density at radius 2 is 1.73 bits per heavy atom. The van der Waals surface area contributed by atoms with Crippen LogP contribution in [0.2, 0.25) is 0 Å². The molecule has 1 heterocycles. The minimum absolute atomic E-state index is 0.542. The van der Waals surface area contributed by atoms with Crippen molar-refractivity contribution >= 4 is 12.0 Å². The molecule has 0 aliphatic carbocycles. The van der Waals surface area contributed by atoms with Gasteiger partial charge in [-0.05, 0) is 37.3 Å². The number of anilines is 1. The maximum atomic E-state index is 10.9. The first-order valence-electron chi connectivity index (χ1n) is 9.17. The van der Waals surface area contributed by atoms with Crippen molar-refractivity contribution in [3.8, 4) is 11.5 Å². The fourth-order valence-electron chi connectivity index (χ4n) is 3.14. The van der Waals surface area contributed by atoms with Crippen molar-refractivity contribution in [1.82, 2.24) is 4.90 Å². The molecule has 5 nitrogen and oxygen atoms in total. The standard InChI is InChI=1S/C21H26N2O3/c1-2-25-21-16-18(17-24)8-9-20(21)26-15-14-22-10-12-23(13-11-22)19-6-4-3-5-7-19/h3-9,16-17H,2,10-15H2,1H3. The summed E-state index contributed by atoms with van der Waals surface area (Å²) in [6, 6.07) is 15.8. The second kappa shape index (κ2) is 9.25. The highest BCUT2D eigenvalue weighted by atomic mass is 16.5. The van der Waals surface area contributed by atoms with Gasteiger partial charge in [0.2, 0.25) is 0 Å². The first-order valence-corrected chi connectivity index (χ1v) is 9.17. The van der Waals surface area contributed by atoms with Gasteiger partial charge in [-0.1, -0.05) is 18.2 Å². The van der Waals surface area contributed by atoms with Gasteiger partial charge in [0, 0.05) is 44.0 Å². The lowest BCUT2D eigenvalue weighted by atomic mass is 10.2. The molecular formula is C21H26N2O3. The van der Waals surface area contributed by atoms with Crippen LogP contribution >= 0.6 is 0 Å². The van der Waals surface area contributed by atoms with Crippen LogP contribution in [-0.4, -0.2) is 57.1 Å². The van der Waals surface area contributed by atoms with Gasteiger partial charge in [0.05, 0.1) is 6.61 Å². The van der Waals surface area contributed by atoms with Crippen LogP contribution in [0.1, 0.15) is 17.3 Å². The number of rotatable bonds is 8. The van der Waals surface area contributed by atoms with E-state index in [4.69, 9.17) is 9.47 Å². The Morgan fingerprint density at radius 1 is 0.962 bits per heavy atom. The summed E-state index contributed by atoms with van der Waals surface area (Å²) < 4.78 is 11.5. The van der Waals surface area contributed by atoms with E-state index in [2.05, 4.69) is 40.1 Å². The van der Waals surface area contributed by atoms with E-state index in [-0.39, 0.29) is 0 Å². The molecule has 1 fully saturated rings. The molecule has 2 aromatic carbocycles. The number of piperazine rings is 1. The van der Waals surface area contributed by atoms with E-state index < -0.39 is 0 Å². The third-order valence-corrected chi connectivity index (χ3v) is 4.56. The largest absolute Gasteiger partial charge is 0.490 e. The number of benzene rings is 2. The lowest BCUT2D eigenvalue weighted by molar-refractivity contribution is 0.112. The van der Waals surface area contributed by atoms with Crippen molar-refractivity contribution in [2.75, 3.05) is 50.8 Å². The number of hydrogen-bond acceptors (Lipinski definition) is 5. The first kappa shape index (κ1) is 18.3. The third kappa shape index (κ3) is 4.76. The molecular weight excluding hydrogens is 328 g/mol. The zero-order valence-corrected chi connectivity index (χ0v) is 15.3. The van der Waals surface area contributed by atoms with E-state index in [1.165, 1.54) is 5.69 Å². The number of nitrogens with zero attached hydrogens (tertiary/aromatic N) is 2. The van der Waals surface area contributed by atoms with Crippen molar-refractivity contribution in [2.45, 2.75) is 6.92 Å². The highest BCUT2D eigenvalue weighted by Gasteiger charge is 2.17. The Kier molecular flexibility index (Phi) is 6.50. The van der Waals surface area contributed by atoms with Crippen molar-refractivity contribution < 1.29 is 14.3 Å². The molecule has 0 unspecified atom stereocenters. The van der Waals surface area contributed by atoms with E-state index >= 15 is 0 Å². The van der Waals surface area contributed by atoms with E-state index in [1.807, 2.05) is 13.0 Å². The summed E-state index contributed by atoms with van der Waals surface area (Å²) in [6.07, 6.45) is 0.818. The number of ether oxygens (including phenoxy) is 2. The van der Waals surface area contributed by atoms with Crippen molar-refractivity contribution in [1.29, 1.82) is 0 Å². The van der Waals surface area contributed by atoms with Gasteiger partial charge < -0.3 is 14.4 Å². The zero-order chi connectivity index (χ0) is 18.2. The molecule has 138 valence electrons. The van der Waals surface area contributed by atoms with Crippen LogP contribution in [0.4, 0.5) is 5.69 Å². The number of carbonyl (C=O) groups excluding carboxylic acids is 1. The minimum Gasteiger partial charge on any atom is -0.490 e. The van der Waals surface area contributed by atoms with Crippen molar-refractivity contribution in [3.63, 3.8) is 0 Å². The molecule has 0 amide bonds. The summed E-state index contributed by atoms with van der Waals surface area (Å²) >= 11 is 0. The Labute approximate surface area is 155 Å². The average molecular weight is 354 g/mol. The molecule has 2 aromatic rings. The Morgan fingerprint density at radius 3 is 2.42 bits per heavy atom. The summed E-state index contributed by atoms with van der Waals surface area (Å²) in [7, 11) is 0. The SMILES string of the molecule is CCOc1cc(C=O)ccc1OCCN1CCN(c2ccccc2)CC1. The average Bonchev–Trinajstić information content (AvgIpc) is 2.70. The first-order chi connectivity index (χ1) is 12.8. The second-order valence-electron chi connectivity index (χ2n) is 6.27. The van der Waals surface area contributed by atoms with Crippen LogP contribution in [0, 0.1) is 0 Å². The zero-order valence-electron chi connectivity index (χ0n) is 15.3. The molecule has 26 heavy (non-hydrogen) atoms. The van der Waals surface area contributed by atoms with Gasteiger partial charge in [-0.15, -0.1) is 0 Å². The molecule has 1 aliphatic rings. The van der Waals surface area contributed by atoms with Gasteiger partial charge in [0.25, 0.3) is 0 Å². The molecule has 0 spiro atoms. The molecule has 0 atom stereocenters. The Bertz CT molecular complexity index is 698. The van der Waals surface area contributed by atoms with E-state index in [0.29, 0.717) is 30.3 Å². The van der Waals surface area contributed by atoms with Gasteiger partial charge in [-0.25, -0.2) is 0 Å². The molecule has 0 N–H and O–H groups in total. The summed E-state index contributed by atoms with van der Waals surface area (Å²) in [4.78, 5) is 15.8. The van der Waals surface area contributed by atoms with Crippen molar-refractivity contribution in [3.05, 3.63) is 54.1 Å². The van der Waals surface area contributed by atoms with Crippen LogP contribution in [0.3, 0.4) is 0 Å². The number of hydrogen-bond donors (Lipinski definition) is 0. The monoisotopic (exact) mass is 354 g/mol. The lowest BCUT2D eigenvalue weighted by Gasteiger charge is -2.36. The van der Waals surface area contributed by atoms with Gasteiger partial charge in [0.15, 0.2) is 11.5 Å². The summed E-state index contributed by atoms with van der Waals surface area (Å²) in [6.45, 7) is 8.06. The fourth-order valence-corrected chi connectivity index (χ4v) is 3.14. The van der Waals surface area contributed by atoms with E-state index in [9.17, 15) is 4.79 Å². The summed E-state index contributed by atoms with van der Waals surface area (Å²) in [5, 5.41) is 0. The van der Waals surface area contributed by atoms with E-state index in [0.717, 1.165) is 39.0 Å². The van der Waals surface area contributed by atoms with Crippen LogP contribution in [0.15, 0.2) is 48.5 Å². The summed E-state index contributed by atoms with van der Waals surface area (Å²) in [5.74, 6) is 1.33. The Hall–Kier alpha value is -2.53. The minimum atomic E-state index is 0.542. The molecule has 0 bridgehead atoms. The predicted octanol–water partition coefficient (Wildman–Crippen LogP) is 3.10.